The maximum absolute atomic E-state index is 6.04. The van der Waals surface area contributed by atoms with Crippen LogP contribution in [0, 0.1) is 40.4 Å². The van der Waals surface area contributed by atoms with E-state index in [-0.39, 0.29) is 0 Å². The van der Waals surface area contributed by atoms with Crippen LogP contribution in [0.2, 0.25) is 0 Å². The number of hydrogen-bond acceptors (Lipinski definition) is 1. The van der Waals surface area contributed by atoms with Crippen molar-refractivity contribution in [2.75, 3.05) is 6.61 Å². The first kappa shape index (κ1) is 22.6. The van der Waals surface area contributed by atoms with Gasteiger partial charge in [-0.3, -0.25) is 0 Å². The highest BCUT2D eigenvalue weighted by Crippen LogP contribution is 2.65. The van der Waals surface area contributed by atoms with Crippen LogP contribution in [-0.4, -0.2) is 12.7 Å². The Bertz CT molecular complexity index is 672. The van der Waals surface area contributed by atoms with Gasteiger partial charge in [0.2, 0.25) is 0 Å². The molecule has 2 saturated carbocycles. The molecule has 0 bridgehead atoms. The van der Waals surface area contributed by atoms with Gasteiger partial charge in [-0.25, -0.2) is 0 Å². The minimum atomic E-state index is 0.448. The standard InChI is InChI=1S/C29H48O/c1-7-30-23-15-17-28(5)22(19-23)11-12-24-26-14-13-25(21(4)10-8-9-20(2)3)29(26,6)18-16-27(24)28/h11,13,20-21,23-24,26-27H,7-10,12,14-19H2,1-6H3/t21-,23+,24+,26+,27+,28+,29-/m1/s1. The van der Waals surface area contributed by atoms with Gasteiger partial charge in [0.1, 0.15) is 0 Å². The first-order valence-corrected chi connectivity index (χ1v) is 13.3. The molecule has 4 aliphatic carbocycles. The van der Waals surface area contributed by atoms with Crippen LogP contribution in [-0.2, 0) is 4.74 Å². The molecule has 4 rings (SSSR count). The second-order valence-corrected chi connectivity index (χ2v) is 12.2. The number of rotatable bonds is 7. The minimum Gasteiger partial charge on any atom is -0.378 e. The van der Waals surface area contributed by atoms with Crippen molar-refractivity contribution in [1.82, 2.24) is 0 Å². The summed E-state index contributed by atoms with van der Waals surface area (Å²) in [4.78, 5) is 0. The Hall–Kier alpha value is -0.560. The molecule has 0 spiro atoms. The lowest BCUT2D eigenvalue weighted by atomic mass is 9.47. The fourth-order valence-electron chi connectivity index (χ4n) is 8.36. The first-order valence-electron chi connectivity index (χ1n) is 13.3. The molecule has 7 atom stereocenters. The van der Waals surface area contributed by atoms with Crippen LogP contribution >= 0.6 is 0 Å². The van der Waals surface area contributed by atoms with Crippen LogP contribution in [0.15, 0.2) is 23.3 Å². The van der Waals surface area contributed by atoms with E-state index >= 15 is 0 Å². The maximum atomic E-state index is 6.04. The van der Waals surface area contributed by atoms with Crippen LogP contribution in [0.1, 0.15) is 106 Å². The van der Waals surface area contributed by atoms with Gasteiger partial charge in [0, 0.05) is 6.61 Å². The van der Waals surface area contributed by atoms with E-state index in [0.29, 0.717) is 16.9 Å². The van der Waals surface area contributed by atoms with E-state index in [4.69, 9.17) is 4.74 Å². The van der Waals surface area contributed by atoms with Crippen LogP contribution in [0.3, 0.4) is 0 Å². The zero-order valence-electron chi connectivity index (χ0n) is 20.8. The molecule has 0 amide bonds. The molecule has 4 aliphatic rings. The molecule has 0 unspecified atom stereocenters. The van der Waals surface area contributed by atoms with E-state index in [9.17, 15) is 0 Å². The van der Waals surface area contributed by atoms with Crippen molar-refractivity contribution in [3.63, 3.8) is 0 Å². The molecule has 170 valence electrons. The molecule has 1 nitrogen and oxygen atoms in total. The zero-order valence-corrected chi connectivity index (χ0v) is 20.8. The Morgan fingerprint density at radius 3 is 2.47 bits per heavy atom. The Kier molecular flexibility index (Phi) is 6.61. The van der Waals surface area contributed by atoms with Crippen LogP contribution < -0.4 is 0 Å². The third kappa shape index (κ3) is 3.87. The first-order chi connectivity index (χ1) is 14.3. The lowest BCUT2D eigenvalue weighted by Gasteiger charge is -2.58. The van der Waals surface area contributed by atoms with E-state index in [1.54, 1.807) is 5.57 Å². The summed E-state index contributed by atoms with van der Waals surface area (Å²) in [5, 5.41) is 0. The monoisotopic (exact) mass is 412 g/mol. The van der Waals surface area contributed by atoms with Crippen molar-refractivity contribution in [2.24, 2.45) is 40.4 Å². The summed E-state index contributed by atoms with van der Waals surface area (Å²) in [6.45, 7) is 15.6. The summed E-state index contributed by atoms with van der Waals surface area (Å²) in [5.41, 5.74) is 4.52. The van der Waals surface area contributed by atoms with Gasteiger partial charge in [-0.1, -0.05) is 70.8 Å². The lowest BCUT2D eigenvalue weighted by molar-refractivity contribution is -0.0423. The summed E-state index contributed by atoms with van der Waals surface area (Å²) in [6.07, 6.45) is 19.4. The molecule has 0 aromatic heterocycles. The number of fused-ring (bicyclic) bond motifs is 5. The van der Waals surface area contributed by atoms with E-state index in [0.717, 1.165) is 36.2 Å². The minimum absolute atomic E-state index is 0.448. The summed E-state index contributed by atoms with van der Waals surface area (Å²) in [5.74, 6) is 4.32. The van der Waals surface area contributed by atoms with E-state index < -0.39 is 0 Å². The molecule has 30 heavy (non-hydrogen) atoms. The Morgan fingerprint density at radius 1 is 0.967 bits per heavy atom. The van der Waals surface area contributed by atoms with Gasteiger partial charge in [0.15, 0.2) is 0 Å². The fraction of sp³-hybridized carbons (Fsp3) is 0.862. The van der Waals surface area contributed by atoms with Crippen molar-refractivity contribution in [3.8, 4) is 0 Å². The van der Waals surface area contributed by atoms with Crippen molar-refractivity contribution < 1.29 is 4.74 Å². The fourth-order valence-corrected chi connectivity index (χ4v) is 8.36. The van der Waals surface area contributed by atoms with Crippen molar-refractivity contribution in [1.29, 1.82) is 0 Å². The summed E-state index contributed by atoms with van der Waals surface area (Å²) in [6, 6.07) is 0. The average Bonchev–Trinajstić information content (AvgIpc) is 3.05. The average molecular weight is 413 g/mol. The molecule has 0 radical (unpaired) electrons. The molecule has 0 aromatic carbocycles. The number of hydrogen-bond donors (Lipinski definition) is 0. The van der Waals surface area contributed by atoms with Crippen LogP contribution in [0.5, 0.6) is 0 Å². The molecule has 0 saturated heterocycles. The highest BCUT2D eigenvalue weighted by atomic mass is 16.5. The van der Waals surface area contributed by atoms with E-state index in [1.807, 2.05) is 5.57 Å². The van der Waals surface area contributed by atoms with Gasteiger partial charge in [0.25, 0.3) is 0 Å². The predicted octanol–water partition coefficient (Wildman–Crippen LogP) is 8.35. The van der Waals surface area contributed by atoms with Gasteiger partial charge in [-0.05, 0) is 98.7 Å². The normalized spacial score (nSPS) is 41.6. The van der Waals surface area contributed by atoms with Gasteiger partial charge in [-0.15, -0.1) is 0 Å². The van der Waals surface area contributed by atoms with Gasteiger partial charge in [-0.2, -0.15) is 0 Å². The van der Waals surface area contributed by atoms with Crippen molar-refractivity contribution in [3.05, 3.63) is 23.3 Å². The van der Waals surface area contributed by atoms with Crippen molar-refractivity contribution >= 4 is 0 Å². The molecular formula is C29H48O. The molecule has 1 heteroatoms. The second kappa shape index (κ2) is 8.76. The van der Waals surface area contributed by atoms with Gasteiger partial charge in [0.05, 0.1) is 6.10 Å². The molecule has 0 N–H and O–H groups in total. The summed E-state index contributed by atoms with van der Waals surface area (Å²) >= 11 is 0. The van der Waals surface area contributed by atoms with E-state index in [1.165, 1.54) is 64.2 Å². The number of ether oxygens (including phenoxy) is 1. The summed E-state index contributed by atoms with van der Waals surface area (Å²) in [7, 11) is 0. The van der Waals surface area contributed by atoms with Crippen molar-refractivity contribution in [2.45, 2.75) is 112 Å². The molecule has 2 fully saturated rings. The topological polar surface area (TPSA) is 9.23 Å². The third-order valence-electron chi connectivity index (χ3n) is 10.1. The molecule has 0 heterocycles. The molecule has 0 aliphatic heterocycles. The lowest BCUT2D eigenvalue weighted by Crippen LogP contribution is -2.50. The highest BCUT2D eigenvalue weighted by Gasteiger charge is 2.57. The van der Waals surface area contributed by atoms with E-state index in [2.05, 4.69) is 53.7 Å². The zero-order chi connectivity index (χ0) is 21.5. The predicted molar refractivity (Wildman–Crippen MR) is 128 cm³/mol. The molecular weight excluding hydrogens is 364 g/mol. The van der Waals surface area contributed by atoms with Gasteiger partial charge >= 0.3 is 0 Å². The Balaban J connectivity index is 1.47. The third-order valence-corrected chi connectivity index (χ3v) is 10.1. The largest absolute Gasteiger partial charge is 0.378 e. The maximum Gasteiger partial charge on any atom is 0.0612 e. The quantitative estimate of drug-likeness (QED) is 0.382. The van der Waals surface area contributed by atoms with Crippen LogP contribution in [0.25, 0.3) is 0 Å². The SMILES string of the molecule is CCO[C@H]1CC[C@@]2(C)C(=CC[C@@H]3[C@@H]2CC[C@]2(C)C([C@H](C)CCCC(C)C)=CC[C@@H]32)C1. The van der Waals surface area contributed by atoms with Crippen LogP contribution in [0.4, 0.5) is 0 Å². The summed E-state index contributed by atoms with van der Waals surface area (Å²) < 4.78 is 6.04. The smallest absolute Gasteiger partial charge is 0.0612 e. The van der Waals surface area contributed by atoms with Gasteiger partial charge < -0.3 is 4.74 Å². The Morgan fingerprint density at radius 2 is 1.73 bits per heavy atom. The second-order valence-electron chi connectivity index (χ2n) is 12.2. The highest BCUT2D eigenvalue weighted by molar-refractivity contribution is 5.31. The number of allylic oxidation sites excluding steroid dienone is 3. The Labute approximate surface area is 187 Å². The molecule has 0 aromatic rings.